The topological polar surface area (TPSA) is 37.3 Å². The lowest BCUT2D eigenvalue weighted by molar-refractivity contribution is -0.137. The molecule has 0 amide bonds. The smallest absolute Gasteiger partial charge is 0.303 e. The van der Waals surface area contributed by atoms with Crippen molar-refractivity contribution in [2.24, 2.45) is 0 Å². The summed E-state index contributed by atoms with van der Waals surface area (Å²) >= 11 is 1.96. The number of carbonyl (C=O) groups is 1. The fourth-order valence-corrected chi connectivity index (χ4v) is 3.84. The van der Waals surface area contributed by atoms with Crippen LogP contribution in [-0.2, 0) is 4.79 Å². The Kier molecular flexibility index (Phi) is 8.75. The van der Waals surface area contributed by atoms with E-state index in [-0.39, 0.29) is 0 Å². The maximum Gasteiger partial charge on any atom is 0.303 e. The van der Waals surface area contributed by atoms with Crippen molar-refractivity contribution in [2.75, 3.05) is 5.75 Å². The van der Waals surface area contributed by atoms with Gasteiger partial charge in [-0.25, -0.2) is 0 Å². The average Bonchev–Trinajstić information content (AvgIpc) is 2.59. The van der Waals surface area contributed by atoms with Crippen LogP contribution in [-0.4, -0.2) is 16.8 Å². The first-order valence-corrected chi connectivity index (χ1v) is 10.1. The second-order valence-corrected chi connectivity index (χ2v) is 7.50. The third-order valence-electron chi connectivity index (χ3n) is 4.27. The van der Waals surface area contributed by atoms with E-state index in [4.69, 9.17) is 5.11 Å². The molecule has 2 nitrogen and oxygen atoms in total. The van der Waals surface area contributed by atoms with E-state index in [1.807, 2.05) is 11.8 Å². The highest BCUT2D eigenvalue weighted by Gasteiger charge is 1.99. The summed E-state index contributed by atoms with van der Waals surface area (Å²) in [6, 6.07) is 15.2. The largest absolute Gasteiger partial charge is 0.481 e. The molecule has 0 aliphatic carbocycles. The van der Waals surface area contributed by atoms with E-state index in [1.165, 1.54) is 59.9 Å². The van der Waals surface area contributed by atoms with Gasteiger partial charge in [-0.3, -0.25) is 4.79 Å². The minimum absolute atomic E-state index is 0.325. The van der Waals surface area contributed by atoms with Crippen molar-refractivity contribution in [1.82, 2.24) is 0 Å². The molecule has 0 aromatic heterocycles. The number of fused-ring (bicyclic) bond motifs is 1. The van der Waals surface area contributed by atoms with Crippen LogP contribution in [0.5, 0.6) is 0 Å². The van der Waals surface area contributed by atoms with E-state index >= 15 is 0 Å². The molecule has 0 saturated carbocycles. The van der Waals surface area contributed by atoms with Crippen LogP contribution in [0.1, 0.15) is 57.8 Å². The summed E-state index contributed by atoms with van der Waals surface area (Å²) in [5.41, 5.74) is 0. The van der Waals surface area contributed by atoms with Crippen molar-refractivity contribution in [2.45, 2.75) is 62.7 Å². The number of rotatable bonds is 12. The molecule has 2 aromatic carbocycles. The normalized spacial score (nSPS) is 11.0. The van der Waals surface area contributed by atoms with Crippen LogP contribution in [0.2, 0.25) is 0 Å². The van der Waals surface area contributed by atoms with Crippen molar-refractivity contribution in [1.29, 1.82) is 0 Å². The first kappa shape index (κ1) is 18.9. The highest BCUT2D eigenvalue weighted by Crippen LogP contribution is 2.24. The van der Waals surface area contributed by atoms with E-state index in [1.54, 1.807) is 0 Å². The van der Waals surface area contributed by atoms with Gasteiger partial charge in [0.15, 0.2) is 0 Å². The zero-order valence-electron chi connectivity index (χ0n) is 14.4. The van der Waals surface area contributed by atoms with E-state index in [0.29, 0.717) is 6.42 Å². The van der Waals surface area contributed by atoms with Gasteiger partial charge in [-0.15, -0.1) is 11.8 Å². The molecule has 0 spiro atoms. The maximum absolute atomic E-state index is 10.4. The summed E-state index contributed by atoms with van der Waals surface area (Å²) in [6.07, 6.45) is 9.81. The molecule has 0 aliphatic heterocycles. The van der Waals surface area contributed by atoms with E-state index in [0.717, 1.165) is 12.8 Å². The van der Waals surface area contributed by atoms with Gasteiger partial charge in [0.25, 0.3) is 0 Å². The van der Waals surface area contributed by atoms with Crippen molar-refractivity contribution in [3.05, 3.63) is 42.5 Å². The van der Waals surface area contributed by atoms with E-state index < -0.39 is 5.97 Å². The standard InChI is InChI=1S/C21H28O2S/c22-21(23)13-7-5-3-1-2-4-6-10-16-24-20-15-14-18-11-8-9-12-19(18)17-20/h8-9,11-12,14-15,17H,1-7,10,13,16H2,(H,22,23). The fraction of sp³-hybridized carbons (Fsp3) is 0.476. The van der Waals surface area contributed by atoms with Crippen molar-refractivity contribution < 1.29 is 9.90 Å². The molecular weight excluding hydrogens is 316 g/mol. The predicted molar refractivity (Wildman–Crippen MR) is 104 cm³/mol. The monoisotopic (exact) mass is 344 g/mol. The number of thioether (sulfide) groups is 1. The van der Waals surface area contributed by atoms with Gasteiger partial charge >= 0.3 is 5.97 Å². The molecule has 1 N–H and O–H groups in total. The number of carboxylic acids is 1. The molecule has 0 saturated heterocycles. The zero-order chi connectivity index (χ0) is 17.0. The highest BCUT2D eigenvalue weighted by atomic mass is 32.2. The Labute approximate surface area is 149 Å². The maximum atomic E-state index is 10.4. The highest BCUT2D eigenvalue weighted by molar-refractivity contribution is 7.99. The Morgan fingerprint density at radius 1 is 0.792 bits per heavy atom. The zero-order valence-corrected chi connectivity index (χ0v) is 15.2. The summed E-state index contributed by atoms with van der Waals surface area (Å²) in [6.45, 7) is 0. The van der Waals surface area contributed by atoms with Gasteiger partial charge in [0, 0.05) is 11.3 Å². The average molecular weight is 345 g/mol. The molecule has 0 radical (unpaired) electrons. The van der Waals surface area contributed by atoms with Gasteiger partial charge in [-0.2, -0.15) is 0 Å². The van der Waals surface area contributed by atoms with Gasteiger partial charge in [0.05, 0.1) is 0 Å². The van der Waals surface area contributed by atoms with Crippen LogP contribution in [0.3, 0.4) is 0 Å². The quantitative estimate of drug-likeness (QED) is 0.351. The molecule has 130 valence electrons. The molecule has 0 unspecified atom stereocenters. The van der Waals surface area contributed by atoms with E-state index in [2.05, 4.69) is 42.5 Å². The number of hydrogen-bond donors (Lipinski definition) is 1. The van der Waals surface area contributed by atoms with E-state index in [9.17, 15) is 4.79 Å². The van der Waals surface area contributed by atoms with Gasteiger partial charge in [0.2, 0.25) is 0 Å². The number of aliphatic carboxylic acids is 1. The molecule has 2 aromatic rings. The van der Waals surface area contributed by atoms with Crippen LogP contribution < -0.4 is 0 Å². The van der Waals surface area contributed by atoms with Gasteiger partial charge in [-0.1, -0.05) is 68.9 Å². The van der Waals surface area contributed by atoms with Crippen LogP contribution in [0.15, 0.2) is 47.4 Å². The van der Waals surface area contributed by atoms with Gasteiger partial charge in [-0.05, 0) is 41.5 Å². The molecule has 3 heteroatoms. The molecule has 0 atom stereocenters. The first-order chi connectivity index (χ1) is 11.8. The van der Waals surface area contributed by atoms with Crippen LogP contribution in [0, 0.1) is 0 Å². The second-order valence-electron chi connectivity index (χ2n) is 6.33. The first-order valence-electron chi connectivity index (χ1n) is 9.09. The number of hydrogen-bond acceptors (Lipinski definition) is 2. The third-order valence-corrected chi connectivity index (χ3v) is 5.35. The Morgan fingerprint density at radius 3 is 2.12 bits per heavy atom. The van der Waals surface area contributed by atoms with Crippen molar-refractivity contribution >= 4 is 28.5 Å². The van der Waals surface area contributed by atoms with Gasteiger partial charge in [0.1, 0.15) is 0 Å². The molecule has 0 aliphatic rings. The Morgan fingerprint density at radius 2 is 1.42 bits per heavy atom. The number of carboxylic acid groups (broad SMARTS) is 1. The SMILES string of the molecule is O=C(O)CCCCCCCCCCSc1ccc2ccccc2c1. The summed E-state index contributed by atoms with van der Waals surface area (Å²) < 4.78 is 0. The molecular formula is C21H28O2S. The predicted octanol–water partition coefficient (Wildman–Crippen LogP) is 6.53. The lowest BCUT2D eigenvalue weighted by Crippen LogP contribution is -1.93. The summed E-state index contributed by atoms with van der Waals surface area (Å²) in [7, 11) is 0. The van der Waals surface area contributed by atoms with Crippen molar-refractivity contribution in [3.63, 3.8) is 0 Å². The second kappa shape index (κ2) is 11.1. The molecule has 24 heavy (non-hydrogen) atoms. The lowest BCUT2D eigenvalue weighted by Gasteiger charge is -2.04. The Bertz CT molecular complexity index is 624. The van der Waals surface area contributed by atoms with Crippen LogP contribution >= 0.6 is 11.8 Å². The van der Waals surface area contributed by atoms with Crippen LogP contribution in [0.25, 0.3) is 10.8 Å². The minimum atomic E-state index is -0.668. The number of unbranched alkanes of at least 4 members (excludes halogenated alkanes) is 7. The van der Waals surface area contributed by atoms with Crippen LogP contribution in [0.4, 0.5) is 0 Å². The summed E-state index contributed by atoms with van der Waals surface area (Å²) in [4.78, 5) is 11.8. The van der Waals surface area contributed by atoms with Crippen molar-refractivity contribution in [3.8, 4) is 0 Å². The molecule has 0 heterocycles. The molecule has 0 bridgehead atoms. The molecule has 2 rings (SSSR count). The molecule has 0 fully saturated rings. The minimum Gasteiger partial charge on any atom is -0.481 e. The Balaban J connectivity index is 1.48. The third kappa shape index (κ3) is 7.39. The number of benzene rings is 2. The fourth-order valence-electron chi connectivity index (χ4n) is 2.89. The van der Waals surface area contributed by atoms with Gasteiger partial charge < -0.3 is 5.11 Å². The summed E-state index contributed by atoms with van der Waals surface area (Å²) in [5.74, 6) is 0.524. The summed E-state index contributed by atoms with van der Waals surface area (Å²) in [5, 5.41) is 11.2. The Hall–Kier alpha value is -1.48. The lowest BCUT2D eigenvalue weighted by atomic mass is 10.1.